The summed E-state index contributed by atoms with van der Waals surface area (Å²) < 4.78 is 31.8. The van der Waals surface area contributed by atoms with E-state index in [1.165, 1.54) is 11.6 Å². The van der Waals surface area contributed by atoms with Crippen LogP contribution in [0.15, 0.2) is 60.7 Å². The Morgan fingerprint density at radius 1 is 0.900 bits per heavy atom. The molecular weight excluding hydrogens is 381 g/mol. The van der Waals surface area contributed by atoms with Crippen molar-refractivity contribution in [2.75, 3.05) is 19.8 Å². The van der Waals surface area contributed by atoms with Crippen molar-refractivity contribution in [3.63, 3.8) is 0 Å². The van der Waals surface area contributed by atoms with Crippen molar-refractivity contribution < 1.29 is 18.6 Å². The van der Waals surface area contributed by atoms with E-state index in [0.29, 0.717) is 19.0 Å². The Balaban J connectivity index is 1.70. The van der Waals surface area contributed by atoms with Crippen molar-refractivity contribution >= 4 is 0 Å². The monoisotopic (exact) mass is 407 g/mol. The van der Waals surface area contributed by atoms with Crippen molar-refractivity contribution in [1.29, 1.82) is 0 Å². The van der Waals surface area contributed by atoms with Gasteiger partial charge in [-0.05, 0) is 73.4 Å². The van der Waals surface area contributed by atoms with E-state index in [1.54, 1.807) is 12.1 Å². The highest BCUT2D eigenvalue weighted by atomic mass is 19.1. The summed E-state index contributed by atoms with van der Waals surface area (Å²) in [6.07, 6.45) is 0.896. The van der Waals surface area contributed by atoms with Crippen molar-refractivity contribution in [3.8, 4) is 23.0 Å². The number of rotatable bonds is 7. The number of halogens is 1. The van der Waals surface area contributed by atoms with E-state index >= 15 is 0 Å². The number of hydrogen-bond acceptors (Lipinski definition) is 4. The molecule has 0 radical (unpaired) electrons. The second-order valence-corrected chi connectivity index (χ2v) is 7.11. The molecule has 1 aliphatic rings. The third kappa shape index (κ3) is 4.26. The summed E-state index contributed by atoms with van der Waals surface area (Å²) in [5.41, 5.74) is 3.26. The summed E-state index contributed by atoms with van der Waals surface area (Å²) in [5.74, 6) is 1.93. The molecule has 4 rings (SSSR count). The number of para-hydroxylation sites is 1. The SMILES string of the molecule is CCOc1cc2c(cc1OCC)C(c1ccc(F)c(Oc3ccccc3)c1)NCC2. The molecule has 4 nitrogen and oxygen atoms in total. The first-order valence-electron chi connectivity index (χ1n) is 10.4. The summed E-state index contributed by atoms with van der Waals surface area (Å²) in [6, 6.07) is 18.3. The largest absolute Gasteiger partial charge is 0.490 e. The molecule has 0 saturated carbocycles. The first-order chi connectivity index (χ1) is 14.7. The maximum atomic E-state index is 14.4. The van der Waals surface area contributed by atoms with Crippen LogP contribution < -0.4 is 19.5 Å². The number of ether oxygens (including phenoxy) is 3. The van der Waals surface area contributed by atoms with Crippen LogP contribution in [-0.2, 0) is 6.42 Å². The highest BCUT2D eigenvalue weighted by Crippen LogP contribution is 2.39. The van der Waals surface area contributed by atoms with Gasteiger partial charge in [0.05, 0.1) is 19.3 Å². The van der Waals surface area contributed by atoms with E-state index in [9.17, 15) is 4.39 Å². The van der Waals surface area contributed by atoms with Gasteiger partial charge in [0, 0.05) is 6.54 Å². The summed E-state index contributed by atoms with van der Waals surface area (Å²) in [7, 11) is 0. The zero-order valence-corrected chi connectivity index (χ0v) is 17.3. The maximum absolute atomic E-state index is 14.4. The van der Waals surface area contributed by atoms with Gasteiger partial charge in [-0.1, -0.05) is 24.3 Å². The molecule has 1 N–H and O–H groups in total. The highest BCUT2D eigenvalue weighted by Gasteiger charge is 2.25. The second-order valence-electron chi connectivity index (χ2n) is 7.11. The number of fused-ring (bicyclic) bond motifs is 1. The molecule has 0 saturated heterocycles. The molecule has 0 aliphatic carbocycles. The van der Waals surface area contributed by atoms with Gasteiger partial charge in [-0.2, -0.15) is 0 Å². The molecule has 0 fully saturated rings. The maximum Gasteiger partial charge on any atom is 0.165 e. The average molecular weight is 407 g/mol. The summed E-state index contributed by atoms with van der Waals surface area (Å²) in [6.45, 7) is 5.88. The van der Waals surface area contributed by atoms with Crippen LogP contribution in [0.2, 0.25) is 0 Å². The molecule has 1 atom stereocenters. The smallest absolute Gasteiger partial charge is 0.165 e. The minimum atomic E-state index is -0.389. The quantitative estimate of drug-likeness (QED) is 0.549. The molecule has 5 heteroatoms. The van der Waals surface area contributed by atoms with Gasteiger partial charge < -0.3 is 19.5 Å². The van der Waals surface area contributed by atoms with E-state index in [2.05, 4.69) is 11.4 Å². The minimum Gasteiger partial charge on any atom is -0.490 e. The van der Waals surface area contributed by atoms with Crippen LogP contribution in [0.5, 0.6) is 23.0 Å². The molecule has 3 aromatic carbocycles. The van der Waals surface area contributed by atoms with Crippen LogP contribution in [0.1, 0.15) is 36.6 Å². The lowest BCUT2D eigenvalue weighted by Gasteiger charge is -2.29. The standard InChI is InChI=1S/C25H26FNO3/c1-3-28-23-14-17-12-13-27-25(20(17)16-24(23)29-4-2)18-10-11-21(26)22(15-18)30-19-8-6-5-7-9-19/h5-11,14-16,25,27H,3-4,12-13H2,1-2H3. The van der Waals surface area contributed by atoms with Gasteiger partial charge in [0.1, 0.15) is 5.75 Å². The van der Waals surface area contributed by atoms with Crippen molar-refractivity contribution in [1.82, 2.24) is 5.32 Å². The molecular formula is C25H26FNO3. The lowest BCUT2D eigenvalue weighted by Crippen LogP contribution is -2.30. The van der Waals surface area contributed by atoms with Gasteiger partial charge in [-0.3, -0.25) is 0 Å². The number of hydrogen-bond donors (Lipinski definition) is 1. The summed E-state index contributed by atoms with van der Waals surface area (Å²) in [4.78, 5) is 0. The predicted molar refractivity (Wildman–Crippen MR) is 115 cm³/mol. The van der Waals surface area contributed by atoms with Crippen molar-refractivity contribution in [2.45, 2.75) is 26.3 Å². The van der Waals surface area contributed by atoms with E-state index < -0.39 is 0 Å². The zero-order chi connectivity index (χ0) is 20.9. The Morgan fingerprint density at radius 3 is 2.37 bits per heavy atom. The van der Waals surface area contributed by atoms with Gasteiger partial charge in [0.15, 0.2) is 23.1 Å². The first-order valence-corrected chi connectivity index (χ1v) is 10.4. The van der Waals surface area contributed by atoms with Gasteiger partial charge in [-0.25, -0.2) is 4.39 Å². The van der Waals surface area contributed by atoms with Crippen molar-refractivity contribution in [2.24, 2.45) is 0 Å². The fourth-order valence-electron chi connectivity index (χ4n) is 3.79. The highest BCUT2D eigenvalue weighted by molar-refractivity contribution is 5.52. The molecule has 0 spiro atoms. The molecule has 0 aromatic heterocycles. The Labute approximate surface area is 176 Å². The van der Waals surface area contributed by atoms with Crippen LogP contribution in [0, 0.1) is 5.82 Å². The molecule has 156 valence electrons. The van der Waals surface area contributed by atoms with E-state index in [4.69, 9.17) is 14.2 Å². The topological polar surface area (TPSA) is 39.7 Å². The normalized spacial score (nSPS) is 15.4. The Morgan fingerprint density at radius 2 is 1.63 bits per heavy atom. The fourth-order valence-corrected chi connectivity index (χ4v) is 3.79. The van der Waals surface area contributed by atoms with Crippen molar-refractivity contribution in [3.05, 3.63) is 83.2 Å². The van der Waals surface area contributed by atoms with E-state index in [0.717, 1.165) is 35.6 Å². The Kier molecular flexibility index (Phi) is 6.19. The zero-order valence-electron chi connectivity index (χ0n) is 17.3. The average Bonchev–Trinajstić information content (AvgIpc) is 2.76. The van der Waals surface area contributed by atoms with Gasteiger partial charge in [0.2, 0.25) is 0 Å². The molecule has 1 aliphatic heterocycles. The molecule has 0 amide bonds. The van der Waals surface area contributed by atoms with Crippen LogP contribution in [-0.4, -0.2) is 19.8 Å². The lowest BCUT2D eigenvalue weighted by molar-refractivity contribution is 0.286. The van der Waals surface area contributed by atoms with E-state index in [-0.39, 0.29) is 17.6 Å². The van der Waals surface area contributed by atoms with Crippen LogP contribution in [0.4, 0.5) is 4.39 Å². The van der Waals surface area contributed by atoms with Crippen LogP contribution >= 0.6 is 0 Å². The van der Waals surface area contributed by atoms with Gasteiger partial charge >= 0.3 is 0 Å². The second kappa shape index (κ2) is 9.18. The van der Waals surface area contributed by atoms with Crippen LogP contribution in [0.3, 0.4) is 0 Å². The molecule has 30 heavy (non-hydrogen) atoms. The third-order valence-electron chi connectivity index (χ3n) is 5.12. The Bertz CT molecular complexity index is 1010. The van der Waals surface area contributed by atoms with Crippen LogP contribution in [0.25, 0.3) is 0 Å². The summed E-state index contributed by atoms with van der Waals surface area (Å²) in [5, 5.41) is 3.55. The summed E-state index contributed by atoms with van der Waals surface area (Å²) >= 11 is 0. The van der Waals surface area contributed by atoms with E-state index in [1.807, 2.05) is 50.2 Å². The fraction of sp³-hybridized carbons (Fsp3) is 0.280. The predicted octanol–water partition coefficient (Wildman–Crippen LogP) is 5.65. The number of benzene rings is 3. The minimum absolute atomic E-state index is 0.0812. The molecule has 1 unspecified atom stereocenters. The molecule has 1 heterocycles. The molecule has 0 bridgehead atoms. The Hall–Kier alpha value is -3.05. The first kappa shape index (κ1) is 20.2. The number of nitrogens with one attached hydrogen (secondary N) is 1. The molecule has 3 aromatic rings. The third-order valence-corrected chi connectivity index (χ3v) is 5.12. The lowest BCUT2D eigenvalue weighted by atomic mass is 9.89. The van der Waals surface area contributed by atoms with Gasteiger partial charge in [0.25, 0.3) is 0 Å². The van der Waals surface area contributed by atoms with Gasteiger partial charge in [-0.15, -0.1) is 0 Å².